The van der Waals surface area contributed by atoms with Crippen LogP contribution in [0.1, 0.15) is 12.5 Å². The molecule has 3 nitrogen and oxygen atoms in total. The Balaban J connectivity index is 3.02. The van der Waals surface area contributed by atoms with Crippen molar-refractivity contribution in [1.29, 1.82) is 0 Å². The fraction of sp³-hybridized carbons (Fsp3) is 0.200. The lowest BCUT2D eigenvalue weighted by Gasteiger charge is -2.04. The van der Waals surface area contributed by atoms with Gasteiger partial charge in [0, 0.05) is 5.56 Å². The molecule has 0 aliphatic carbocycles. The van der Waals surface area contributed by atoms with Gasteiger partial charge in [0.15, 0.2) is 0 Å². The summed E-state index contributed by atoms with van der Waals surface area (Å²) in [4.78, 5) is 0. The van der Waals surface area contributed by atoms with E-state index in [1.54, 1.807) is 19.1 Å². The molecule has 5 heteroatoms. The second kappa shape index (κ2) is 4.44. The van der Waals surface area contributed by atoms with Crippen molar-refractivity contribution >= 4 is 21.8 Å². The van der Waals surface area contributed by atoms with E-state index in [-0.39, 0.29) is 5.69 Å². The Morgan fingerprint density at radius 3 is 2.53 bits per heavy atom. The van der Waals surface area contributed by atoms with Gasteiger partial charge in [0.1, 0.15) is 5.82 Å². The first-order valence-corrected chi connectivity index (χ1v) is 6.21. The van der Waals surface area contributed by atoms with Crippen LogP contribution in [0.5, 0.6) is 0 Å². The van der Waals surface area contributed by atoms with E-state index in [1.165, 1.54) is 12.1 Å². The molecule has 0 atom stereocenters. The zero-order valence-electron chi connectivity index (χ0n) is 8.49. The fourth-order valence-corrected chi connectivity index (χ4v) is 1.67. The van der Waals surface area contributed by atoms with E-state index in [0.717, 1.165) is 12.3 Å². The van der Waals surface area contributed by atoms with Gasteiger partial charge in [-0.15, -0.1) is 0 Å². The molecular weight excluding hydrogens is 217 g/mol. The van der Waals surface area contributed by atoms with Crippen LogP contribution in [-0.2, 0) is 10.0 Å². The number of sulfonamides is 1. The Hall–Kier alpha value is -1.36. The molecule has 1 N–H and O–H groups in total. The molecule has 0 aliphatic rings. The van der Waals surface area contributed by atoms with Crippen LogP contribution in [0.2, 0.25) is 0 Å². The minimum atomic E-state index is -3.35. The number of allylic oxidation sites excluding steroid dienone is 1. The van der Waals surface area contributed by atoms with Gasteiger partial charge in [-0.2, -0.15) is 0 Å². The van der Waals surface area contributed by atoms with Gasteiger partial charge >= 0.3 is 0 Å². The first kappa shape index (κ1) is 11.7. The Bertz CT molecular complexity index is 480. The smallest absolute Gasteiger partial charge is 0.229 e. The Kier molecular flexibility index (Phi) is 3.47. The van der Waals surface area contributed by atoms with Crippen molar-refractivity contribution < 1.29 is 12.8 Å². The maximum absolute atomic E-state index is 13.3. The SMILES string of the molecule is CC=Cc1ccc(NS(C)(=O)=O)cc1F. The number of hydrogen-bond acceptors (Lipinski definition) is 2. The first-order valence-electron chi connectivity index (χ1n) is 4.32. The van der Waals surface area contributed by atoms with E-state index in [0.29, 0.717) is 5.56 Å². The van der Waals surface area contributed by atoms with E-state index >= 15 is 0 Å². The maximum atomic E-state index is 13.3. The van der Waals surface area contributed by atoms with Crippen LogP contribution < -0.4 is 4.72 Å². The van der Waals surface area contributed by atoms with Gasteiger partial charge in [-0.3, -0.25) is 4.72 Å². The second-order valence-corrected chi connectivity index (χ2v) is 4.86. The quantitative estimate of drug-likeness (QED) is 0.863. The summed E-state index contributed by atoms with van der Waals surface area (Å²) < 4.78 is 37.3. The molecule has 0 saturated heterocycles. The first-order chi connectivity index (χ1) is 6.92. The van der Waals surface area contributed by atoms with Crippen molar-refractivity contribution in [1.82, 2.24) is 0 Å². The highest BCUT2D eigenvalue weighted by Crippen LogP contribution is 2.16. The van der Waals surface area contributed by atoms with Gasteiger partial charge < -0.3 is 0 Å². The molecule has 0 spiro atoms. The van der Waals surface area contributed by atoms with Crippen molar-refractivity contribution in [2.75, 3.05) is 11.0 Å². The van der Waals surface area contributed by atoms with E-state index in [1.807, 2.05) is 0 Å². The number of nitrogens with one attached hydrogen (secondary N) is 1. The summed E-state index contributed by atoms with van der Waals surface area (Å²) in [6.45, 7) is 1.78. The molecule has 0 amide bonds. The van der Waals surface area contributed by atoms with Gasteiger partial charge in [-0.05, 0) is 25.1 Å². The van der Waals surface area contributed by atoms with E-state index in [9.17, 15) is 12.8 Å². The molecule has 0 unspecified atom stereocenters. The van der Waals surface area contributed by atoms with Crippen LogP contribution in [0.3, 0.4) is 0 Å². The van der Waals surface area contributed by atoms with Crippen LogP contribution in [0.15, 0.2) is 24.3 Å². The summed E-state index contributed by atoms with van der Waals surface area (Å²) >= 11 is 0. The Morgan fingerprint density at radius 1 is 1.40 bits per heavy atom. The van der Waals surface area contributed by atoms with Crippen LogP contribution in [0.25, 0.3) is 6.08 Å². The highest BCUT2D eigenvalue weighted by molar-refractivity contribution is 7.92. The molecule has 0 heterocycles. The lowest BCUT2D eigenvalue weighted by atomic mass is 10.2. The predicted molar refractivity (Wildman–Crippen MR) is 59.6 cm³/mol. The molecule has 1 aromatic rings. The minimum Gasteiger partial charge on any atom is -0.284 e. The highest BCUT2D eigenvalue weighted by Gasteiger charge is 2.04. The van der Waals surface area contributed by atoms with Crippen LogP contribution in [-0.4, -0.2) is 14.7 Å². The van der Waals surface area contributed by atoms with Crippen molar-refractivity contribution in [3.8, 4) is 0 Å². The third-order valence-corrected chi connectivity index (χ3v) is 2.26. The second-order valence-electron chi connectivity index (χ2n) is 3.11. The molecule has 0 saturated carbocycles. The fourth-order valence-electron chi connectivity index (χ4n) is 1.12. The summed E-state index contributed by atoms with van der Waals surface area (Å²) in [5, 5.41) is 0. The molecule has 0 bridgehead atoms. The summed E-state index contributed by atoms with van der Waals surface area (Å²) in [5.74, 6) is -0.457. The van der Waals surface area contributed by atoms with Crippen molar-refractivity contribution in [2.24, 2.45) is 0 Å². The van der Waals surface area contributed by atoms with Gasteiger partial charge in [0.2, 0.25) is 10.0 Å². The zero-order chi connectivity index (χ0) is 11.5. The molecule has 0 radical (unpaired) electrons. The molecule has 0 aliphatic heterocycles. The van der Waals surface area contributed by atoms with E-state index in [4.69, 9.17) is 0 Å². The van der Waals surface area contributed by atoms with Gasteiger partial charge in [-0.25, -0.2) is 12.8 Å². The average molecular weight is 229 g/mol. The number of hydrogen-bond donors (Lipinski definition) is 1. The third kappa shape index (κ3) is 3.71. The van der Waals surface area contributed by atoms with Crippen molar-refractivity contribution in [2.45, 2.75) is 6.92 Å². The molecule has 0 aromatic heterocycles. The van der Waals surface area contributed by atoms with E-state index in [2.05, 4.69) is 4.72 Å². The summed E-state index contributed by atoms with van der Waals surface area (Å²) in [6.07, 6.45) is 4.34. The lowest BCUT2D eigenvalue weighted by Crippen LogP contribution is -2.09. The molecule has 15 heavy (non-hydrogen) atoms. The molecule has 1 aromatic carbocycles. The number of halogens is 1. The van der Waals surface area contributed by atoms with Gasteiger partial charge in [-0.1, -0.05) is 12.2 Å². The van der Waals surface area contributed by atoms with Gasteiger partial charge in [0.25, 0.3) is 0 Å². The largest absolute Gasteiger partial charge is 0.284 e. The Morgan fingerprint density at radius 2 is 2.07 bits per heavy atom. The van der Waals surface area contributed by atoms with Crippen LogP contribution in [0.4, 0.5) is 10.1 Å². The maximum Gasteiger partial charge on any atom is 0.229 e. The normalized spacial score (nSPS) is 11.9. The molecular formula is C10H12FNO2S. The van der Waals surface area contributed by atoms with Crippen molar-refractivity contribution in [3.63, 3.8) is 0 Å². The third-order valence-electron chi connectivity index (χ3n) is 1.65. The molecule has 82 valence electrons. The minimum absolute atomic E-state index is 0.225. The molecule has 0 fully saturated rings. The van der Waals surface area contributed by atoms with Crippen LogP contribution in [0, 0.1) is 5.82 Å². The monoisotopic (exact) mass is 229 g/mol. The molecule has 1 rings (SSSR count). The van der Waals surface area contributed by atoms with E-state index < -0.39 is 15.8 Å². The average Bonchev–Trinajstić information content (AvgIpc) is 2.07. The van der Waals surface area contributed by atoms with Crippen molar-refractivity contribution in [3.05, 3.63) is 35.7 Å². The topological polar surface area (TPSA) is 46.2 Å². The summed E-state index contributed by atoms with van der Waals surface area (Å²) in [5.41, 5.74) is 0.653. The Labute approximate surface area is 88.7 Å². The standard InChI is InChI=1S/C10H12FNO2S/c1-3-4-8-5-6-9(7-10(8)11)12-15(2,13)14/h3-7,12H,1-2H3. The predicted octanol–water partition coefficient (Wildman–Crippen LogP) is 2.23. The number of benzene rings is 1. The number of anilines is 1. The summed E-state index contributed by atoms with van der Waals surface area (Å²) in [6, 6.07) is 4.18. The van der Waals surface area contributed by atoms with Gasteiger partial charge in [0.05, 0.1) is 11.9 Å². The highest BCUT2D eigenvalue weighted by atomic mass is 32.2. The number of rotatable bonds is 3. The lowest BCUT2D eigenvalue weighted by molar-refractivity contribution is 0.606. The summed E-state index contributed by atoms with van der Waals surface area (Å²) in [7, 11) is -3.35. The zero-order valence-corrected chi connectivity index (χ0v) is 9.31. The van der Waals surface area contributed by atoms with Crippen LogP contribution >= 0.6 is 0 Å².